The summed E-state index contributed by atoms with van der Waals surface area (Å²) in [4.78, 5) is 53.6. The van der Waals surface area contributed by atoms with Crippen LogP contribution in [0.4, 0.5) is 0 Å². The van der Waals surface area contributed by atoms with Gasteiger partial charge in [-0.05, 0) is 74.5 Å². The van der Waals surface area contributed by atoms with Crippen LogP contribution in [0.25, 0.3) is 0 Å². The van der Waals surface area contributed by atoms with Crippen molar-refractivity contribution in [1.29, 1.82) is 0 Å². The number of Topliss-reactive ketones (excluding diaryl/α,β-unsaturated/α-hetero) is 2. The predicted molar refractivity (Wildman–Crippen MR) is 147 cm³/mol. The third-order valence-corrected chi connectivity index (χ3v) is 13.2. The molecule has 5 aliphatic rings. The summed E-state index contributed by atoms with van der Waals surface area (Å²) >= 11 is 0. The van der Waals surface area contributed by atoms with Crippen LogP contribution in [0.2, 0.25) is 0 Å². The van der Waals surface area contributed by atoms with Gasteiger partial charge < -0.3 is 9.47 Å². The zero-order valence-corrected chi connectivity index (χ0v) is 25.5. The van der Waals surface area contributed by atoms with E-state index >= 15 is 0 Å². The Labute approximate surface area is 234 Å². The van der Waals surface area contributed by atoms with Crippen molar-refractivity contribution in [3.63, 3.8) is 0 Å². The molecule has 216 valence electrons. The molecule has 0 spiro atoms. The lowest BCUT2D eigenvalue weighted by molar-refractivity contribution is -0.182. The molecule has 0 aromatic heterocycles. The van der Waals surface area contributed by atoms with E-state index in [2.05, 4.69) is 41.5 Å². The molecule has 8 atom stereocenters. The van der Waals surface area contributed by atoms with Gasteiger partial charge in [0, 0.05) is 47.2 Å². The first-order valence-corrected chi connectivity index (χ1v) is 15.0. The lowest BCUT2D eigenvalue weighted by Crippen LogP contribution is -2.64. The van der Waals surface area contributed by atoms with Crippen LogP contribution in [-0.2, 0) is 28.7 Å². The molecular formula is C33H48O6. The van der Waals surface area contributed by atoms with Crippen molar-refractivity contribution in [2.75, 3.05) is 7.11 Å². The molecule has 0 aromatic rings. The molecule has 0 N–H and O–H groups in total. The lowest BCUT2D eigenvalue weighted by atomic mass is 9.35. The normalized spacial score (nSPS) is 46.8. The fourth-order valence-corrected chi connectivity index (χ4v) is 10.6. The van der Waals surface area contributed by atoms with Crippen LogP contribution in [0.15, 0.2) is 11.1 Å². The van der Waals surface area contributed by atoms with E-state index in [1.54, 1.807) is 0 Å². The fourth-order valence-electron chi connectivity index (χ4n) is 10.6. The average molecular weight is 541 g/mol. The van der Waals surface area contributed by atoms with Gasteiger partial charge >= 0.3 is 11.9 Å². The number of rotatable bonds is 2. The van der Waals surface area contributed by atoms with Gasteiger partial charge in [0.25, 0.3) is 0 Å². The van der Waals surface area contributed by atoms with Crippen LogP contribution >= 0.6 is 0 Å². The molecule has 3 saturated carbocycles. The number of carbonyl (C=O) groups excluding carboxylic acids is 4. The highest BCUT2D eigenvalue weighted by atomic mass is 16.5. The summed E-state index contributed by atoms with van der Waals surface area (Å²) in [5.74, 6) is -0.194. The number of fused-ring (bicyclic) bond motifs is 6. The molecule has 39 heavy (non-hydrogen) atoms. The van der Waals surface area contributed by atoms with Gasteiger partial charge in [0.1, 0.15) is 6.10 Å². The number of allylic oxidation sites excluding steroid dienone is 2. The summed E-state index contributed by atoms with van der Waals surface area (Å²) in [6.45, 7) is 16.7. The minimum absolute atomic E-state index is 0.0222. The quantitative estimate of drug-likeness (QED) is 0.377. The standard InChI is InChI=1S/C33H48O6/c1-19(34)39-24-10-11-31(6)22(28(24,2)3)16-20(35)26-25(31)21(36)17-33(8)23-18-30(5,27(37)38-9)13-12-29(23,4)14-15-32(26,33)7/h22-24H,10-18H2,1-9H3/t22?,23?,24-,29-,30+,31-,32+,33-/m0/s1. The molecule has 5 aliphatic carbocycles. The van der Waals surface area contributed by atoms with Gasteiger partial charge in [-0.3, -0.25) is 19.2 Å². The number of hydrogen-bond acceptors (Lipinski definition) is 6. The summed E-state index contributed by atoms with van der Waals surface area (Å²) < 4.78 is 11.0. The first kappa shape index (κ1) is 28.5. The predicted octanol–water partition coefficient (Wildman–Crippen LogP) is 6.39. The molecule has 6 heteroatoms. The largest absolute Gasteiger partial charge is 0.469 e. The van der Waals surface area contributed by atoms with Crippen LogP contribution in [0.1, 0.15) is 113 Å². The lowest BCUT2D eigenvalue weighted by Gasteiger charge is -2.68. The molecule has 5 rings (SSSR count). The maximum absolute atomic E-state index is 14.4. The highest BCUT2D eigenvalue weighted by molar-refractivity contribution is 6.11. The van der Waals surface area contributed by atoms with Gasteiger partial charge in [-0.1, -0.05) is 41.5 Å². The maximum Gasteiger partial charge on any atom is 0.311 e. The SMILES string of the molecule is COC(=O)[C@]1(C)CC[C@@]2(C)CC[C@]3(C)C4=C(C(=O)C[C@@]3(C)C2C1)[C@@]1(C)CC[C@H](OC(C)=O)C(C)(C)C1CC4=O. The van der Waals surface area contributed by atoms with Crippen molar-refractivity contribution >= 4 is 23.5 Å². The Morgan fingerprint density at radius 2 is 1.46 bits per heavy atom. The number of ether oxygens (including phenoxy) is 2. The van der Waals surface area contributed by atoms with Gasteiger partial charge in [0.05, 0.1) is 12.5 Å². The molecule has 6 nitrogen and oxygen atoms in total. The summed E-state index contributed by atoms with van der Waals surface area (Å²) in [6, 6.07) is 0. The topological polar surface area (TPSA) is 86.7 Å². The molecule has 0 aliphatic heterocycles. The minimum atomic E-state index is -0.579. The van der Waals surface area contributed by atoms with Crippen molar-refractivity contribution in [1.82, 2.24) is 0 Å². The van der Waals surface area contributed by atoms with E-state index in [1.165, 1.54) is 14.0 Å². The second-order valence-electron chi connectivity index (χ2n) is 15.6. The third kappa shape index (κ3) is 3.64. The molecule has 0 amide bonds. The van der Waals surface area contributed by atoms with Gasteiger partial charge in [-0.15, -0.1) is 0 Å². The van der Waals surface area contributed by atoms with E-state index < -0.39 is 27.1 Å². The van der Waals surface area contributed by atoms with E-state index in [4.69, 9.17) is 9.47 Å². The summed E-state index contributed by atoms with van der Waals surface area (Å²) in [7, 11) is 1.46. The Morgan fingerprint density at radius 1 is 0.821 bits per heavy atom. The molecular weight excluding hydrogens is 492 g/mol. The zero-order valence-electron chi connectivity index (χ0n) is 25.5. The smallest absolute Gasteiger partial charge is 0.311 e. The Hall–Kier alpha value is -1.98. The first-order chi connectivity index (χ1) is 17.9. The van der Waals surface area contributed by atoms with Crippen molar-refractivity contribution in [2.45, 2.75) is 119 Å². The Balaban J connectivity index is 1.63. The number of methoxy groups -OCH3 is 1. The summed E-state index contributed by atoms with van der Waals surface area (Å²) in [5, 5.41) is 0. The zero-order chi connectivity index (χ0) is 29.0. The number of ketones is 2. The third-order valence-electron chi connectivity index (χ3n) is 13.2. The highest BCUT2D eigenvalue weighted by Gasteiger charge is 2.70. The molecule has 0 heterocycles. The second kappa shape index (κ2) is 8.52. The van der Waals surface area contributed by atoms with E-state index in [1.807, 2.05) is 6.92 Å². The monoisotopic (exact) mass is 540 g/mol. The van der Waals surface area contributed by atoms with Crippen LogP contribution in [-0.4, -0.2) is 36.7 Å². The number of hydrogen-bond donors (Lipinski definition) is 0. The Bertz CT molecular complexity index is 1180. The van der Waals surface area contributed by atoms with Gasteiger partial charge in [0.15, 0.2) is 11.6 Å². The molecule has 0 saturated heterocycles. The highest BCUT2D eigenvalue weighted by Crippen LogP contribution is 2.74. The molecule has 3 fully saturated rings. The van der Waals surface area contributed by atoms with E-state index in [0.717, 1.165) is 43.3 Å². The van der Waals surface area contributed by atoms with E-state index in [9.17, 15) is 19.2 Å². The molecule has 0 radical (unpaired) electrons. The number of carbonyl (C=O) groups is 4. The van der Waals surface area contributed by atoms with Crippen LogP contribution < -0.4 is 0 Å². The van der Waals surface area contributed by atoms with Gasteiger partial charge in [-0.2, -0.15) is 0 Å². The number of esters is 2. The second-order valence-corrected chi connectivity index (χ2v) is 15.6. The van der Waals surface area contributed by atoms with Crippen molar-refractivity contribution in [3.8, 4) is 0 Å². The van der Waals surface area contributed by atoms with E-state index in [0.29, 0.717) is 25.7 Å². The van der Waals surface area contributed by atoms with Gasteiger partial charge in [-0.25, -0.2) is 0 Å². The minimum Gasteiger partial charge on any atom is -0.469 e. The first-order valence-electron chi connectivity index (χ1n) is 15.0. The summed E-state index contributed by atoms with van der Waals surface area (Å²) in [6.07, 6.45) is 6.19. The molecule has 0 bridgehead atoms. The summed E-state index contributed by atoms with van der Waals surface area (Å²) in [5.41, 5.74) is -0.711. The van der Waals surface area contributed by atoms with Gasteiger partial charge in [0.2, 0.25) is 0 Å². The van der Waals surface area contributed by atoms with E-state index in [-0.39, 0.29) is 46.9 Å². The Morgan fingerprint density at radius 3 is 2.08 bits per heavy atom. The Kier molecular flexibility index (Phi) is 6.23. The molecule has 2 unspecified atom stereocenters. The van der Waals surface area contributed by atoms with Crippen LogP contribution in [0, 0.1) is 44.3 Å². The van der Waals surface area contributed by atoms with Crippen molar-refractivity contribution in [2.24, 2.45) is 44.3 Å². The van der Waals surface area contributed by atoms with Crippen molar-refractivity contribution in [3.05, 3.63) is 11.1 Å². The fraction of sp³-hybridized carbons (Fsp3) is 0.818. The average Bonchev–Trinajstić information content (AvgIpc) is 2.84. The van der Waals surface area contributed by atoms with Crippen LogP contribution in [0.5, 0.6) is 0 Å². The van der Waals surface area contributed by atoms with Crippen molar-refractivity contribution < 1.29 is 28.7 Å². The molecule has 0 aromatic carbocycles. The van der Waals surface area contributed by atoms with Crippen LogP contribution in [0.3, 0.4) is 0 Å². The maximum atomic E-state index is 14.4.